The molecule has 3 heteroatoms. The van der Waals surface area contributed by atoms with Gasteiger partial charge in [-0.3, -0.25) is 0 Å². The summed E-state index contributed by atoms with van der Waals surface area (Å²) in [7, 11) is 2.10. The third-order valence-corrected chi connectivity index (χ3v) is 3.91. The van der Waals surface area contributed by atoms with E-state index in [4.69, 9.17) is 0 Å². The molecule has 1 fully saturated rings. The summed E-state index contributed by atoms with van der Waals surface area (Å²) in [6.45, 7) is 2.19. The number of nitrogens with zero attached hydrogens (tertiary/aromatic N) is 1. The monoisotopic (exact) mass is 197 g/mol. The molecule has 0 aromatic heterocycles. The number of likely N-dealkylation sites (tertiary alicyclic amines) is 1. The Bertz CT molecular complexity index is 138. The molecule has 1 heterocycles. The summed E-state index contributed by atoms with van der Waals surface area (Å²) in [5.41, 5.74) is 0. The number of hydrogen-bond acceptors (Lipinski definition) is 2. The van der Waals surface area contributed by atoms with E-state index in [1.54, 1.807) is 0 Å². The molecule has 1 rings (SSSR count). The van der Waals surface area contributed by atoms with E-state index in [0.29, 0.717) is 28.9 Å². The molecule has 0 aromatic rings. The van der Waals surface area contributed by atoms with E-state index in [1.165, 1.54) is 13.0 Å². The van der Waals surface area contributed by atoms with Gasteiger partial charge in [-0.2, -0.15) is 0 Å². The zero-order valence-corrected chi connectivity index (χ0v) is 11.0. The predicted molar refractivity (Wildman–Crippen MR) is 43.8 cm³/mol. The van der Waals surface area contributed by atoms with Crippen molar-refractivity contribution in [2.24, 2.45) is 5.92 Å². The summed E-state index contributed by atoms with van der Waals surface area (Å²) in [5, 5.41) is 0. The first-order valence-corrected chi connectivity index (χ1v) is 5.99. The van der Waals surface area contributed by atoms with E-state index < -0.39 is 0 Å². The average molecular weight is 198 g/mol. The molecule has 2 nitrogen and oxygen atoms in total. The molecule has 0 radical (unpaired) electrons. The average Bonchev–Trinajstić information content (AvgIpc) is 1.88. The van der Waals surface area contributed by atoms with Crippen LogP contribution in [0.5, 0.6) is 0 Å². The van der Waals surface area contributed by atoms with E-state index in [2.05, 4.69) is 11.9 Å². The number of piperidine rings is 1. The van der Waals surface area contributed by atoms with Gasteiger partial charge in [0.25, 0.3) is 0 Å². The van der Waals surface area contributed by atoms with Crippen LogP contribution in [0.15, 0.2) is 0 Å². The van der Waals surface area contributed by atoms with Crippen molar-refractivity contribution in [3.8, 4) is 0 Å². The number of carbonyl (C=O) groups is 1. The molecule has 0 saturated carbocycles. The van der Waals surface area contributed by atoms with Crippen LogP contribution in [0, 0.1) is 5.92 Å². The minimum atomic E-state index is 0.399. The van der Waals surface area contributed by atoms with Crippen LogP contribution in [0.1, 0.15) is 12.8 Å². The van der Waals surface area contributed by atoms with E-state index in [9.17, 15) is 4.79 Å². The van der Waals surface area contributed by atoms with Gasteiger partial charge in [-0.15, -0.1) is 0 Å². The maximum atomic E-state index is 11.0. The van der Waals surface area contributed by atoms with Crippen LogP contribution in [0.25, 0.3) is 0 Å². The standard InChI is InChI=1S/C7H12NO.Ga.2H/c1-8-4-2-3-7(5-8)6-9;;;/h7H,2-5H2,1H3;;;. The van der Waals surface area contributed by atoms with Crippen molar-refractivity contribution in [1.29, 1.82) is 0 Å². The van der Waals surface area contributed by atoms with Crippen molar-refractivity contribution < 1.29 is 4.79 Å². The van der Waals surface area contributed by atoms with Gasteiger partial charge in [0.2, 0.25) is 0 Å². The second-order valence-corrected chi connectivity index (χ2v) is 5.28. The van der Waals surface area contributed by atoms with Gasteiger partial charge < -0.3 is 0 Å². The Morgan fingerprint density at radius 2 is 2.40 bits per heavy atom. The SMILES string of the molecule is CN1CCCC([C](=O)[GaH2])C1. The van der Waals surface area contributed by atoms with Crippen LogP contribution >= 0.6 is 0 Å². The molecule has 0 amide bonds. The Morgan fingerprint density at radius 1 is 1.70 bits per heavy atom. The number of rotatable bonds is 1. The minimum absolute atomic E-state index is 0.399. The van der Waals surface area contributed by atoms with Crippen LogP contribution < -0.4 is 0 Å². The van der Waals surface area contributed by atoms with Crippen molar-refractivity contribution in [2.75, 3.05) is 20.1 Å². The Morgan fingerprint density at radius 3 is 2.80 bits per heavy atom. The number of hydrogen-bond donors (Lipinski definition) is 0. The van der Waals surface area contributed by atoms with E-state index in [1.807, 2.05) is 0 Å². The molecular formula is C7H14GaNO. The van der Waals surface area contributed by atoms with Gasteiger partial charge >= 0.3 is 71.5 Å². The summed E-state index contributed by atoms with van der Waals surface area (Å²) in [5.74, 6) is 0.402. The fourth-order valence-corrected chi connectivity index (χ4v) is 2.49. The molecule has 56 valence electrons. The fourth-order valence-electron chi connectivity index (χ4n) is 1.50. The second kappa shape index (κ2) is 3.60. The molecule has 1 aliphatic rings. The summed E-state index contributed by atoms with van der Waals surface area (Å²) < 4.78 is 0.541. The molecule has 1 saturated heterocycles. The molecule has 0 aliphatic carbocycles. The topological polar surface area (TPSA) is 20.3 Å². The van der Waals surface area contributed by atoms with E-state index in [0.717, 1.165) is 13.0 Å². The van der Waals surface area contributed by atoms with Crippen molar-refractivity contribution in [3.63, 3.8) is 0 Å². The first kappa shape index (κ1) is 8.36. The second-order valence-electron chi connectivity index (χ2n) is 3.21. The van der Waals surface area contributed by atoms with Gasteiger partial charge in [-0.25, -0.2) is 0 Å². The van der Waals surface area contributed by atoms with Crippen LogP contribution in [-0.2, 0) is 4.79 Å². The third-order valence-electron chi connectivity index (χ3n) is 2.20. The Kier molecular flexibility index (Phi) is 3.01. The summed E-state index contributed by atoms with van der Waals surface area (Å²) in [6, 6.07) is 0. The molecule has 10 heavy (non-hydrogen) atoms. The van der Waals surface area contributed by atoms with Crippen LogP contribution in [0.4, 0.5) is 0 Å². The quantitative estimate of drug-likeness (QED) is 0.528. The van der Waals surface area contributed by atoms with Crippen molar-refractivity contribution in [1.82, 2.24) is 4.90 Å². The zero-order valence-electron chi connectivity index (χ0n) is 6.76. The molecule has 0 N–H and O–H groups in total. The molecule has 0 bridgehead atoms. The van der Waals surface area contributed by atoms with Crippen LogP contribution in [-0.4, -0.2) is 48.0 Å². The zero-order chi connectivity index (χ0) is 7.56. The third kappa shape index (κ3) is 2.14. The summed E-state index contributed by atoms with van der Waals surface area (Å²) in [4.78, 5) is 13.3. The molecule has 1 aliphatic heterocycles. The molecular weight excluding hydrogens is 184 g/mol. The Labute approximate surface area is 71.9 Å². The van der Waals surface area contributed by atoms with E-state index in [-0.39, 0.29) is 0 Å². The molecule has 1 unspecified atom stereocenters. The van der Waals surface area contributed by atoms with Gasteiger partial charge in [0.1, 0.15) is 0 Å². The first-order valence-electron chi connectivity index (χ1n) is 3.89. The van der Waals surface area contributed by atoms with Gasteiger partial charge in [-0.05, 0) is 0 Å². The van der Waals surface area contributed by atoms with Gasteiger partial charge in [-0.1, -0.05) is 0 Å². The van der Waals surface area contributed by atoms with Crippen molar-refractivity contribution in [2.45, 2.75) is 12.8 Å². The maximum absolute atomic E-state index is 11.0. The normalized spacial score (nSPS) is 28.3. The van der Waals surface area contributed by atoms with Crippen molar-refractivity contribution >= 4 is 22.9 Å². The predicted octanol–water partition coefficient (Wildman–Crippen LogP) is -0.512. The van der Waals surface area contributed by atoms with Crippen molar-refractivity contribution in [3.05, 3.63) is 0 Å². The summed E-state index contributed by atoms with van der Waals surface area (Å²) in [6.07, 6.45) is 2.36. The van der Waals surface area contributed by atoms with Crippen LogP contribution in [0.2, 0.25) is 0 Å². The van der Waals surface area contributed by atoms with E-state index >= 15 is 0 Å². The Hall–Kier alpha value is 0.266. The number of carbonyl (C=O) groups excluding carboxylic acids is 1. The molecule has 1 atom stereocenters. The van der Waals surface area contributed by atoms with Gasteiger partial charge in [0, 0.05) is 0 Å². The molecule has 0 aromatic carbocycles. The molecule has 0 spiro atoms. The van der Waals surface area contributed by atoms with Gasteiger partial charge in [0.15, 0.2) is 0 Å². The first-order chi connectivity index (χ1) is 4.70. The fraction of sp³-hybridized carbons (Fsp3) is 0.857. The summed E-state index contributed by atoms with van der Waals surface area (Å²) >= 11 is 0.399. The Balaban J connectivity index is 2.39. The van der Waals surface area contributed by atoms with Gasteiger partial charge in [0.05, 0.1) is 0 Å². The van der Waals surface area contributed by atoms with Crippen LogP contribution in [0.3, 0.4) is 0 Å².